The normalized spacial score (nSPS) is 10.8. The number of halogens is 1. The first-order valence-electron chi connectivity index (χ1n) is 7.78. The number of nitrogens with zero attached hydrogens (tertiary/aromatic N) is 2. The number of amides is 1. The summed E-state index contributed by atoms with van der Waals surface area (Å²) in [6.45, 7) is 0.172. The van der Waals surface area contributed by atoms with E-state index in [9.17, 15) is 17.6 Å². The molecule has 0 aromatic heterocycles. The van der Waals surface area contributed by atoms with E-state index in [1.807, 2.05) is 6.07 Å². The molecule has 1 amide bonds. The van der Waals surface area contributed by atoms with Crippen LogP contribution in [0.5, 0.6) is 0 Å². The van der Waals surface area contributed by atoms with Gasteiger partial charge in [0.1, 0.15) is 5.82 Å². The molecule has 2 aromatic rings. The SMILES string of the molecule is CS(=O)(=O)N(CCC(=O)NCc1ccc(F)cc1)c1cccc(C#N)c1. The number of nitrogens with one attached hydrogen (secondary N) is 1. The molecule has 0 saturated carbocycles. The summed E-state index contributed by atoms with van der Waals surface area (Å²) in [7, 11) is -3.61. The lowest BCUT2D eigenvalue weighted by molar-refractivity contribution is -0.121. The standard InChI is InChI=1S/C18H18FN3O3S/c1-26(24,25)22(17-4-2-3-15(11-17)12-20)10-9-18(23)21-13-14-5-7-16(19)8-6-14/h2-8,11H,9-10,13H2,1H3,(H,21,23). The van der Waals surface area contributed by atoms with Crippen LogP contribution in [0.2, 0.25) is 0 Å². The maximum Gasteiger partial charge on any atom is 0.232 e. The molecule has 0 unspecified atom stereocenters. The van der Waals surface area contributed by atoms with Crippen LogP contribution in [0.4, 0.5) is 10.1 Å². The van der Waals surface area contributed by atoms with Crippen molar-refractivity contribution in [3.8, 4) is 6.07 Å². The van der Waals surface area contributed by atoms with E-state index in [1.165, 1.54) is 18.2 Å². The molecule has 0 aliphatic rings. The summed E-state index contributed by atoms with van der Waals surface area (Å²) in [6, 6.07) is 13.9. The molecule has 0 saturated heterocycles. The Labute approximate surface area is 151 Å². The summed E-state index contributed by atoms with van der Waals surface area (Å²) >= 11 is 0. The number of hydrogen-bond acceptors (Lipinski definition) is 4. The van der Waals surface area contributed by atoms with E-state index in [0.29, 0.717) is 11.3 Å². The highest BCUT2D eigenvalue weighted by molar-refractivity contribution is 7.92. The van der Waals surface area contributed by atoms with Crippen LogP contribution in [0, 0.1) is 17.1 Å². The average molecular weight is 375 g/mol. The Hall–Kier alpha value is -2.92. The second kappa shape index (κ2) is 8.45. The first kappa shape index (κ1) is 19.4. The van der Waals surface area contributed by atoms with Gasteiger partial charge in [0.25, 0.3) is 0 Å². The lowest BCUT2D eigenvalue weighted by Gasteiger charge is -2.22. The summed E-state index contributed by atoms with van der Waals surface area (Å²) in [6.07, 6.45) is 0.994. The van der Waals surface area contributed by atoms with Gasteiger partial charge in [-0.05, 0) is 35.9 Å². The summed E-state index contributed by atoms with van der Waals surface area (Å²) in [5, 5.41) is 11.6. The van der Waals surface area contributed by atoms with Gasteiger partial charge >= 0.3 is 0 Å². The molecule has 0 aliphatic heterocycles. The van der Waals surface area contributed by atoms with Gasteiger partial charge < -0.3 is 5.32 Å². The van der Waals surface area contributed by atoms with Gasteiger partial charge in [0, 0.05) is 19.5 Å². The number of carbonyl (C=O) groups excluding carboxylic acids is 1. The molecule has 2 rings (SSSR count). The highest BCUT2D eigenvalue weighted by Gasteiger charge is 2.19. The largest absolute Gasteiger partial charge is 0.352 e. The maximum atomic E-state index is 12.9. The lowest BCUT2D eigenvalue weighted by Crippen LogP contribution is -2.34. The van der Waals surface area contributed by atoms with Crippen molar-refractivity contribution in [2.75, 3.05) is 17.1 Å². The molecule has 6 nitrogen and oxygen atoms in total. The molecular weight excluding hydrogens is 357 g/mol. The molecule has 0 radical (unpaired) electrons. The fourth-order valence-corrected chi connectivity index (χ4v) is 3.23. The van der Waals surface area contributed by atoms with Crippen molar-refractivity contribution < 1.29 is 17.6 Å². The molecule has 1 N–H and O–H groups in total. The Morgan fingerprint density at radius 2 is 1.92 bits per heavy atom. The Balaban J connectivity index is 1.99. The first-order valence-corrected chi connectivity index (χ1v) is 9.63. The van der Waals surface area contributed by atoms with E-state index in [2.05, 4.69) is 5.32 Å². The Bertz CT molecular complexity index is 921. The van der Waals surface area contributed by atoms with Crippen LogP contribution in [0.1, 0.15) is 17.5 Å². The van der Waals surface area contributed by atoms with Crippen LogP contribution >= 0.6 is 0 Å². The first-order chi connectivity index (χ1) is 12.3. The highest BCUT2D eigenvalue weighted by Crippen LogP contribution is 2.19. The Morgan fingerprint density at radius 3 is 2.54 bits per heavy atom. The minimum absolute atomic E-state index is 0.0505. The van der Waals surface area contributed by atoms with Gasteiger partial charge in [-0.1, -0.05) is 18.2 Å². The summed E-state index contributed by atoms with van der Waals surface area (Å²) in [4.78, 5) is 12.0. The maximum absolute atomic E-state index is 12.9. The Kier molecular flexibility index (Phi) is 6.31. The van der Waals surface area contributed by atoms with E-state index >= 15 is 0 Å². The molecule has 0 fully saturated rings. The van der Waals surface area contributed by atoms with E-state index in [-0.39, 0.29) is 31.2 Å². The van der Waals surface area contributed by atoms with Crippen molar-refractivity contribution in [1.82, 2.24) is 5.32 Å². The van der Waals surface area contributed by atoms with Gasteiger partial charge in [-0.3, -0.25) is 9.10 Å². The fraction of sp³-hybridized carbons (Fsp3) is 0.222. The van der Waals surface area contributed by atoms with Gasteiger partial charge in [0.05, 0.1) is 23.6 Å². The topological polar surface area (TPSA) is 90.3 Å². The second-order valence-corrected chi connectivity index (χ2v) is 7.56. The molecule has 0 aliphatic carbocycles. The monoisotopic (exact) mass is 375 g/mol. The molecule has 0 bridgehead atoms. The third kappa shape index (κ3) is 5.57. The van der Waals surface area contributed by atoms with E-state index in [0.717, 1.165) is 16.1 Å². The summed E-state index contributed by atoms with van der Waals surface area (Å²) in [5.41, 5.74) is 1.40. The van der Waals surface area contributed by atoms with Gasteiger partial charge in [-0.25, -0.2) is 12.8 Å². The average Bonchev–Trinajstić information content (AvgIpc) is 2.60. The van der Waals surface area contributed by atoms with Crippen molar-refractivity contribution >= 4 is 21.6 Å². The van der Waals surface area contributed by atoms with Gasteiger partial charge in [-0.2, -0.15) is 5.26 Å². The van der Waals surface area contributed by atoms with E-state index < -0.39 is 10.0 Å². The van der Waals surface area contributed by atoms with Crippen molar-refractivity contribution in [3.63, 3.8) is 0 Å². The van der Waals surface area contributed by atoms with E-state index in [1.54, 1.807) is 30.3 Å². The predicted octanol–water partition coefficient (Wildman–Crippen LogP) is 2.17. The highest BCUT2D eigenvalue weighted by atomic mass is 32.2. The van der Waals surface area contributed by atoms with Crippen molar-refractivity contribution in [2.45, 2.75) is 13.0 Å². The third-order valence-electron chi connectivity index (χ3n) is 3.61. The number of rotatable bonds is 7. The van der Waals surface area contributed by atoms with Crippen LogP contribution in [0.25, 0.3) is 0 Å². The van der Waals surface area contributed by atoms with Crippen LogP contribution < -0.4 is 9.62 Å². The number of hydrogen-bond donors (Lipinski definition) is 1. The van der Waals surface area contributed by atoms with Gasteiger partial charge in [-0.15, -0.1) is 0 Å². The third-order valence-corrected chi connectivity index (χ3v) is 4.80. The summed E-state index contributed by atoms with van der Waals surface area (Å²) < 4.78 is 38.0. The van der Waals surface area contributed by atoms with Gasteiger partial charge in [0.15, 0.2) is 0 Å². The second-order valence-electron chi connectivity index (χ2n) is 5.65. The quantitative estimate of drug-likeness (QED) is 0.803. The summed E-state index contributed by atoms with van der Waals surface area (Å²) in [5.74, 6) is -0.692. The predicted molar refractivity (Wildman–Crippen MR) is 96.2 cm³/mol. The minimum atomic E-state index is -3.61. The Morgan fingerprint density at radius 1 is 1.23 bits per heavy atom. The van der Waals surface area contributed by atoms with Crippen LogP contribution in [-0.2, 0) is 21.4 Å². The molecule has 2 aromatic carbocycles. The van der Waals surface area contributed by atoms with Crippen molar-refractivity contribution in [3.05, 3.63) is 65.5 Å². The van der Waals surface area contributed by atoms with Crippen LogP contribution in [0.3, 0.4) is 0 Å². The number of sulfonamides is 1. The molecule has 0 heterocycles. The molecule has 0 spiro atoms. The zero-order chi connectivity index (χ0) is 19.2. The fourth-order valence-electron chi connectivity index (χ4n) is 2.31. The molecule has 0 atom stereocenters. The van der Waals surface area contributed by atoms with Crippen molar-refractivity contribution in [2.24, 2.45) is 0 Å². The molecular formula is C18H18FN3O3S. The number of anilines is 1. The molecule has 136 valence electrons. The number of carbonyl (C=O) groups is 1. The number of benzene rings is 2. The van der Waals surface area contributed by atoms with Crippen LogP contribution in [0.15, 0.2) is 48.5 Å². The zero-order valence-corrected chi connectivity index (χ0v) is 15.0. The van der Waals surface area contributed by atoms with Gasteiger partial charge in [0.2, 0.25) is 15.9 Å². The zero-order valence-electron chi connectivity index (χ0n) is 14.1. The molecule has 8 heteroatoms. The van der Waals surface area contributed by atoms with Crippen molar-refractivity contribution in [1.29, 1.82) is 5.26 Å². The molecule has 26 heavy (non-hydrogen) atoms. The smallest absolute Gasteiger partial charge is 0.232 e. The minimum Gasteiger partial charge on any atom is -0.352 e. The number of nitriles is 1. The van der Waals surface area contributed by atoms with Crippen LogP contribution in [-0.4, -0.2) is 27.1 Å². The van der Waals surface area contributed by atoms with E-state index in [4.69, 9.17) is 5.26 Å². The lowest BCUT2D eigenvalue weighted by atomic mass is 10.2.